The Hall–Kier alpha value is -1.99. The maximum Gasteiger partial charge on any atom is 0.418 e. The fourth-order valence-corrected chi connectivity index (χ4v) is 7.21. The van der Waals surface area contributed by atoms with Crippen LogP contribution in [0.15, 0.2) is 23.3 Å². The second-order valence-corrected chi connectivity index (χ2v) is 12.1. The Bertz CT molecular complexity index is 1260. The molecule has 216 valence electrons. The Morgan fingerprint density at radius 1 is 1.21 bits per heavy atom. The molecular weight excluding hydrogens is 516 g/mol. The molecule has 3 unspecified atom stereocenters. The zero-order chi connectivity index (χ0) is 27.5. The number of imidazole rings is 1. The first-order valence-electron chi connectivity index (χ1n) is 14.0. The highest BCUT2D eigenvalue weighted by Gasteiger charge is 2.49. The lowest BCUT2D eigenvalue weighted by atomic mass is 9.64. The minimum Gasteiger partial charge on any atom is -0.380 e. The van der Waals surface area contributed by atoms with Gasteiger partial charge >= 0.3 is 11.9 Å². The van der Waals surface area contributed by atoms with Gasteiger partial charge in [0.2, 0.25) is 0 Å². The molecule has 6 rings (SSSR count). The van der Waals surface area contributed by atoms with Gasteiger partial charge in [0.05, 0.1) is 37.1 Å². The van der Waals surface area contributed by atoms with Crippen LogP contribution in [0, 0.1) is 11.3 Å². The third-order valence-electron chi connectivity index (χ3n) is 9.72. The number of alkyl halides is 4. The van der Waals surface area contributed by atoms with Crippen molar-refractivity contribution in [3.05, 3.63) is 40.1 Å². The predicted molar refractivity (Wildman–Crippen MR) is 138 cm³/mol. The van der Waals surface area contributed by atoms with E-state index in [0.717, 1.165) is 49.2 Å². The number of likely N-dealkylation sites (tertiary alicyclic amines) is 1. The molecule has 0 amide bonds. The monoisotopic (exact) mass is 554 g/mol. The molecule has 0 radical (unpaired) electrons. The number of nitrogens with zero attached hydrogens (tertiary/aromatic N) is 4. The lowest BCUT2D eigenvalue weighted by molar-refractivity contribution is -0.167. The van der Waals surface area contributed by atoms with E-state index in [1.165, 1.54) is 17.0 Å². The number of aromatic nitrogens is 2. The highest BCUT2D eigenvalue weighted by molar-refractivity contribution is 5.56. The lowest BCUT2D eigenvalue weighted by Crippen LogP contribution is -2.54. The summed E-state index contributed by atoms with van der Waals surface area (Å²) < 4.78 is 65.0. The number of rotatable bonds is 6. The van der Waals surface area contributed by atoms with Gasteiger partial charge < -0.3 is 4.74 Å². The van der Waals surface area contributed by atoms with Crippen LogP contribution in [-0.2, 0) is 10.9 Å². The summed E-state index contributed by atoms with van der Waals surface area (Å²) in [4.78, 5) is 17.7. The third-order valence-corrected chi connectivity index (χ3v) is 9.72. The van der Waals surface area contributed by atoms with Crippen molar-refractivity contribution >= 4 is 5.52 Å². The summed E-state index contributed by atoms with van der Waals surface area (Å²) >= 11 is 0. The molecule has 5 heterocycles. The largest absolute Gasteiger partial charge is 0.418 e. The summed E-state index contributed by atoms with van der Waals surface area (Å²) in [5.41, 5.74) is 5.47. The molecule has 3 aliphatic heterocycles. The second-order valence-electron chi connectivity index (χ2n) is 12.1. The normalized spacial score (nSPS) is 31.1. The number of ether oxygens (including phenoxy) is 1. The number of fused-ring (bicyclic) bond motifs is 1. The number of pyridine rings is 1. The molecule has 0 spiro atoms. The summed E-state index contributed by atoms with van der Waals surface area (Å²) in [6.45, 7) is 4.54. The topological polar surface area (TPSA) is 66.2 Å². The molecule has 2 aromatic rings. The van der Waals surface area contributed by atoms with Gasteiger partial charge in [-0.15, -0.1) is 0 Å². The van der Waals surface area contributed by atoms with Gasteiger partial charge in [0, 0.05) is 43.0 Å². The van der Waals surface area contributed by atoms with E-state index in [1.54, 1.807) is 6.92 Å². The number of hydrogen-bond donors (Lipinski definition) is 2. The first-order chi connectivity index (χ1) is 18.6. The quantitative estimate of drug-likeness (QED) is 0.532. The van der Waals surface area contributed by atoms with E-state index in [4.69, 9.17) is 4.74 Å². The van der Waals surface area contributed by atoms with Crippen LogP contribution in [0.2, 0.25) is 0 Å². The van der Waals surface area contributed by atoms with Gasteiger partial charge in [-0.3, -0.25) is 18.8 Å². The average Bonchev–Trinajstić information content (AvgIpc) is 3.58. The highest BCUT2D eigenvalue weighted by atomic mass is 19.4. The van der Waals surface area contributed by atoms with E-state index in [-0.39, 0.29) is 29.7 Å². The molecule has 2 aromatic heterocycles. The van der Waals surface area contributed by atoms with Crippen LogP contribution in [-0.4, -0.2) is 71.1 Å². The SMILES string of the molecule is C[C@@H](c1cc(C(F)(F)F)c2cn(C3CCCC(C4(CC5NNCN5C)COC4)C3)c(=O)n2c1)N1CC[C@H](F)C1. The zero-order valence-electron chi connectivity index (χ0n) is 22.5. The van der Waals surface area contributed by atoms with E-state index in [9.17, 15) is 22.4 Å². The van der Waals surface area contributed by atoms with Gasteiger partial charge in [0.25, 0.3) is 0 Å². The van der Waals surface area contributed by atoms with Crippen molar-refractivity contribution in [2.75, 3.05) is 40.0 Å². The molecular formula is C27H38F4N6O2. The summed E-state index contributed by atoms with van der Waals surface area (Å²) in [5, 5.41) is 0. The van der Waals surface area contributed by atoms with Crippen LogP contribution in [0.3, 0.4) is 0 Å². The number of hydrazine groups is 1. The Labute approximate surface area is 225 Å². The van der Waals surface area contributed by atoms with E-state index < -0.39 is 29.6 Å². The van der Waals surface area contributed by atoms with Gasteiger partial charge in [-0.25, -0.2) is 20.0 Å². The number of hydrogen-bond acceptors (Lipinski definition) is 6. The summed E-state index contributed by atoms with van der Waals surface area (Å²) in [5.74, 6) is 0.317. The second kappa shape index (κ2) is 10.1. The molecule has 1 saturated carbocycles. The van der Waals surface area contributed by atoms with Crippen molar-refractivity contribution < 1.29 is 22.3 Å². The first kappa shape index (κ1) is 27.2. The molecule has 4 aliphatic rings. The summed E-state index contributed by atoms with van der Waals surface area (Å²) in [7, 11) is 2.06. The van der Waals surface area contributed by atoms with Crippen molar-refractivity contribution in [1.29, 1.82) is 0 Å². The molecule has 2 N–H and O–H groups in total. The highest BCUT2D eigenvalue weighted by Crippen LogP contribution is 2.49. The molecule has 8 nitrogen and oxygen atoms in total. The van der Waals surface area contributed by atoms with Crippen molar-refractivity contribution in [1.82, 2.24) is 29.6 Å². The van der Waals surface area contributed by atoms with Crippen LogP contribution < -0.4 is 16.5 Å². The molecule has 3 saturated heterocycles. The van der Waals surface area contributed by atoms with Crippen molar-refractivity contribution in [2.45, 2.75) is 76.0 Å². The van der Waals surface area contributed by atoms with E-state index >= 15 is 0 Å². The molecule has 1 aliphatic carbocycles. The fourth-order valence-electron chi connectivity index (χ4n) is 7.21. The van der Waals surface area contributed by atoms with Gasteiger partial charge in [0.15, 0.2) is 0 Å². The maximum absolute atomic E-state index is 14.3. The van der Waals surface area contributed by atoms with Crippen molar-refractivity contribution in [3.8, 4) is 0 Å². The van der Waals surface area contributed by atoms with Gasteiger partial charge in [-0.2, -0.15) is 13.2 Å². The maximum atomic E-state index is 14.3. The van der Waals surface area contributed by atoms with E-state index in [1.807, 2.05) is 4.90 Å². The fraction of sp³-hybridized carbons (Fsp3) is 0.741. The zero-order valence-corrected chi connectivity index (χ0v) is 22.5. The molecule has 0 aromatic carbocycles. The molecule has 5 atom stereocenters. The standard InChI is InChI=1S/C27H38F4N6O2/c1-17(35-7-6-20(28)12-35)18-8-22(27(29,30)31)23-13-36(25(38)37(23)11-18)21-5-3-4-19(9-21)26(14-39-15-26)10-24-33-32-16-34(24)2/h8,11,13,17,19-21,24,32-33H,3-7,9-10,12,14-16H2,1-2H3/t17-,19?,20-,21?,24?/m0/s1. The molecule has 0 bridgehead atoms. The summed E-state index contributed by atoms with van der Waals surface area (Å²) in [6, 6.07) is 0.536. The minimum absolute atomic E-state index is 0.0108. The van der Waals surface area contributed by atoms with Crippen LogP contribution >= 0.6 is 0 Å². The summed E-state index contributed by atoms with van der Waals surface area (Å²) in [6.07, 6.45) is 2.22. The molecule has 4 fully saturated rings. The molecule has 12 heteroatoms. The first-order valence-corrected chi connectivity index (χ1v) is 14.0. The Kier molecular flexibility index (Phi) is 7.06. The Morgan fingerprint density at radius 2 is 2.00 bits per heavy atom. The average molecular weight is 555 g/mol. The van der Waals surface area contributed by atoms with Gasteiger partial charge in [-0.05, 0) is 63.6 Å². The Balaban J connectivity index is 1.31. The van der Waals surface area contributed by atoms with Gasteiger partial charge in [-0.1, -0.05) is 6.42 Å². The van der Waals surface area contributed by atoms with E-state index in [2.05, 4.69) is 22.8 Å². The van der Waals surface area contributed by atoms with Crippen LogP contribution in [0.1, 0.15) is 68.7 Å². The third kappa shape index (κ3) is 4.92. The number of halogens is 4. The molecule has 39 heavy (non-hydrogen) atoms. The Morgan fingerprint density at radius 3 is 2.62 bits per heavy atom. The van der Waals surface area contributed by atoms with Crippen molar-refractivity contribution in [3.63, 3.8) is 0 Å². The van der Waals surface area contributed by atoms with Crippen LogP contribution in [0.5, 0.6) is 0 Å². The van der Waals surface area contributed by atoms with Crippen LogP contribution in [0.25, 0.3) is 5.52 Å². The van der Waals surface area contributed by atoms with Crippen molar-refractivity contribution in [2.24, 2.45) is 11.3 Å². The minimum atomic E-state index is -4.62. The van der Waals surface area contributed by atoms with Crippen LogP contribution in [0.4, 0.5) is 17.6 Å². The number of nitrogens with one attached hydrogen (secondary N) is 2. The van der Waals surface area contributed by atoms with Gasteiger partial charge in [0.1, 0.15) is 6.17 Å². The van der Waals surface area contributed by atoms with E-state index in [0.29, 0.717) is 37.7 Å². The smallest absolute Gasteiger partial charge is 0.380 e. The predicted octanol–water partition coefficient (Wildman–Crippen LogP) is 3.69. The lowest BCUT2D eigenvalue weighted by Gasteiger charge is -2.51.